The van der Waals surface area contributed by atoms with Gasteiger partial charge in [-0.15, -0.1) is 11.3 Å². The molecule has 26 heavy (non-hydrogen) atoms. The van der Waals surface area contributed by atoms with Crippen LogP contribution in [0.15, 0.2) is 24.5 Å². The Morgan fingerprint density at radius 2 is 2.00 bits per heavy atom. The zero-order valence-corrected chi connectivity index (χ0v) is 16.2. The molecule has 0 bridgehead atoms. The van der Waals surface area contributed by atoms with Crippen LogP contribution in [0.5, 0.6) is 0 Å². The minimum atomic E-state index is -0.130. The molecular weight excluding hydrogens is 368 g/mol. The Kier molecular flexibility index (Phi) is 4.54. The van der Waals surface area contributed by atoms with Gasteiger partial charge in [0.2, 0.25) is 0 Å². The molecule has 7 heteroatoms. The summed E-state index contributed by atoms with van der Waals surface area (Å²) in [6, 6.07) is 5.45. The highest BCUT2D eigenvalue weighted by Crippen LogP contribution is 2.36. The fraction of sp³-hybridized carbons (Fsp3) is 0.316. The maximum absolute atomic E-state index is 13.1. The lowest BCUT2D eigenvalue weighted by Crippen LogP contribution is -2.20. The van der Waals surface area contributed by atoms with E-state index in [2.05, 4.69) is 20.2 Å². The Morgan fingerprint density at radius 1 is 1.23 bits per heavy atom. The molecule has 1 aliphatic heterocycles. The number of amides is 1. The van der Waals surface area contributed by atoms with Crippen LogP contribution in [0.3, 0.4) is 0 Å². The number of aryl methyl sites for hydroxylation is 2. The van der Waals surface area contributed by atoms with E-state index in [1.54, 1.807) is 12.4 Å². The molecule has 2 aromatic heterocycles. The molecule has 4 rings (SSSR count). The lowest BCUT2D eigenvalue weighted by molar-refractivity contribution is 0.102. The molecular formula is C19H19ClN4OS. The smallest absolute Gasteiger partial charge is 0.257 e. The lowest BCUT2D eigenvalue weighted by Gasteiger charge is -2.17. The number of aromatic nitrogens is 2. The summed E-state index contributed by atoms with van der Waals surface area (Å²) < 4.78 is 0. The maximum atomic E-state index is 13.1. The molecule has 1 aromatic carbocycles. The molecule has 1 aliphatic rings. The molecule has 3 heterocycles. The zero-order chi connectivity index (χ0) is 18.3. The number of anilines is 2. The summed E-state index contributed by atoms with van der Waals surface area (Å²) in [5.74, 6) is 0.740. The van der Waals surface area contributed by atoms with Crippen LogP contribution < -0.4 is 10.2 Å². The summed E-state index contributed by atoms with van der Waals surface area (Å²) in [5, 5.41) is 4.54. The normalized spacial score (nSPS) is 14.2. The monoisotopic (exact) mass is 386 g/mol. The predicted molar refractivity (Wildman–Crippen MR) is 108 cm³/mol. The second-order valence-electron chi connectivity index (χ2n) is 6.52. The summed E-state index contributed by atoms with van der Waals surface area (Å²) >= 11 is 7.55. The Bertz CT molecular complexity index is 995. The van der Waals surface area contributed by atoms with E-state index >= 15 is 0 Å². The third-order valence-electron chi connectivity index (χ3n) is 4.71. The topological polar surface area (TPSA) is 58.1 Å². The molecule has 1 saturated heterocycles. The Morgan fingerprint density at radius 3 is 2.73 bits per heavy atom. The number of carbonyl (C=O) groups excluding carboxylic acids is 1. The number of hydrogen-bond donors (Lipinski definition) is 1. The summed E-state index contributed by atoms with van der Waals surface area (Å²) in [7, 11) is 0. The maximum Gasteiger partial charge on any atom is 0.257 e. The van der Waals surface area contributed by atoms with Crippen LogP contribution in [0.25, 0.3) is 10.2 Å². The van der Waals surface area contributed by atoms with E-state index in [1.807, 2.05) is 26.0 Å². The molecule has 0 aliphatic carbocycles. The highest BCUT2D eigenvalue weighted by atomic mass is 35.5. The van der Waals surface area contributed by atoms with Crippen molar-refractivity contribution in [3.8, 4) is 0 Å². The molecule has 0 saturated carbocycles. The van der Waals surface area contributed by atoms with Gasteiger partial charge in [0.25, 0.3) is 5.91 Å². The van der Waals surface area contributed by atoms with Crippen molar-refractivity contribution in [3.05, 3.63) is 45.6 Å². The quantitative estimate of drug-likeness (QED) is 0.701. The third-order valence-corrected chi connectivity index (χ3v) is 5.96. The first-order valence-electron chi connectivity index (χ1n) is 8.61. The van der Waals surface area contributed by atoms with Crippen molar-refractivity contribution in [3.63, 3.8) is 0 Å². The van der Waals surface area contributed by atoms with Crippen molar-refractivity contribution in [1.29, 1.82) is 0 Å². The highest BCUT2D eigenvalue weighted by Gasteiger charge is 2.25. The molecule has 3 aromatic rings. The number of carbonyl (C=O) groups is 1. The van der Waals surface area contributed by atoms with Crippen molar-refractivity contribution in [2.75, 3.05) is 23.3 Å². The van der Waals surface area contributed by atoms with Crippen molar-refractivity contribution in [1.82, 2.24) is 9.97 Å². The second-order valence-corrected chi connectivity index (χ2v) is 8.16. The minimum absolute atomic E-state index is 0.130. The highest BCUT2D eigenvalue weighted by molar-refractivity contribution is 7.19. The Hall–Kier alpha value is -2.18. The van der Waals surface area contributed by atoms with Gasteiger partial charge in [-0.1, -0.05) is 11.6 Å². The lowest BCUT2D eigenvalue weighted by atomic mass is 10.1. The van der Waals surface area contributed by atoms with Gasteiger partial charge in [0.05, 0.1) is 10.9 Å². The molecule has 1 fully saturated rings. The molecule has 5 nitrogen and oxygen atoms in total. The summed E-state index contributed by atoms with van der Waals surface area (Å²) in [6.07, 6.45) is 3.90. The predicted octanol–water partition coefficient (Wildman–Crippen LogP) is 4.81. The van der Waals surface area contributed by atoms with Crippen LogP contribution in [-0.2, 0) is 0 Å². The van der Waals surface area contributed by atoms with Crippen LogP contribution in [0, 0.1) is 13.8 Å². The molecule has 0 unspecified atom stereocenters. The number of rotatable bonds is 3. The second kappa shape index (κ2) is 6.85. The molecule has 1 N–H and O–H groups in total. The number of hydrogen-bond acceptors (Lipinski definition) is 5. The Balaban J connectivity index is 1.77. The van der Waals surface area contributed by atoms with Gasteiger partial charge in [0.15, 0.2) is 0 Å². The Labute approximate surface area is 161 Å². The first-order valence-corrected chi connectivity index (χ1v) is 9.80. The van der Waals surface area contributed by atoms with Crippen molar-refractivity contribution >= 4 is 50.6 Å². The number of benzene rings is 1. The van der Waals surface area contributed by atoms with Crippen LogP contribution >= 0.6 is 22.9 Å². The first-order chi connectivity index (χ1) is 12.5. The van der Waals surface area contributed by atoms with E-state index in [0.717, 1.165) is 58.1 Å². The van der Waals surface area contributed by atoms with Gasteiger partial charge >= 0.3 is 0 Å². The van der Waals surface area contributed by atoms with E-state index in [-0.39, 0.29) is 5.91 Å². The number of halogens is 1. The van der Waals surface area contributed by atoms with Gasteiger partial charge in [0.1, 0.15) is 17.0 Å². The molecule has 1 amide bonds. The SMILES string of the molecule is Cc1cc(Cl)ccc1NC(=O)c1c(C)sc2ncnc(N3CCCC3)c12. The largest absolute Gasteiger partial charge is 0.356 e. The standard InChI is InChI=1S/C19H19ClN4OS/c1-11-9-13(20)5-6-14(11)23-18(25)15-12(2)26-19-16(15)17(21-10-22-19)24-7-3-4-8-24/h5-6,9-10H,3-4,7-8H2,1-2H3,(H,23,25). The summed E-state index contributed by atoms with van der Waals surface area (Å²) in [6.45, 7) is 5.83. The first kappa shape index (κ1) is 17.2. The number of fused-ring (bicyclic) bond motifs is 1. The fourth-order valence-corrected chi connectivity index (χ4v) is 4.63. The van der Waals surface area contributed by atoms with E-state index in [1.165, 1.54) is 11.3 Å². The average Bonchev–Trinajstić information content (AvgIpc) is 3.23. The van der Waals surface area contributed by atoms with E-state index in [0.29, 0.717) is 10.6 Å². The molecule has 0 spiro atoms. The zero-order valence-electron chi connectivity index (χ0n) is 14.7. The van der Waals surface area contributed by atoms with E-state index in [9.17, 15) is 4.79 Å². The van der Waals surface area contributed by atoms with Crippen LogP contribution in [0.2, 0.25) is 5.02 Å². The van der Waals surface area contributed by atoms with Crippen molar-refractivity contribution in [2.45, 2.75) is 26.7 Å². The molecule has 0 radical (unpaired) electrons. The van der Waals surface area contributed by atoms with Gasteiger partial charge in [-0.2, -0.15) is 0 Å². The van der Waals surface area contributed by atoms with Crippen LogP contribution in [-0.4, -0.2) is 29.0 Å². The summed E-state index contributed by atoms with van der Waals surface area (Å²) in [5.41, 5.74) is 2.36. The van der Waals surface area contributed by atoms with Crippen molar-refractivity contribution in [2.24, 2.45) is 0 Å². The number of thiophene rings is 1. The van der Waals surface area contributed by atoms with E-state index < -0.39 is 0 Å². The number of nitrogens with zero attached hydrogens (tertiary/aromatic N) is 3. The molecule has 134 valence electrons. The van der Waals surface area contributed by atoms with Gasteiger partial charge < -0.3 is 10.2 Å². The number of nitrogens with one attached hydrogen (secondary N) is 1. The average molecular weight is 387 g/mol. The third kappa shape index (κ3) is 3.04. The van der Waals surface area contributed by atoms with Gasteiger partial charge in [0, 0.05) is 28.7 Å². The van der Waals surface area contributed by atoms with Crippen LogP contribution in [0.4, 0.5) is 11.5 Å². The van der Waals surface area contributed by atoms with Crippen LogP contribution in [0.1, 0.15) is 33.6 Å². The van der Waals surface area contributed by atoms with Gasteiger partial charge in [-0.25, -0.2) is 9.97 Å². The minimum Gasteiger partial charge on any atom is -0.356 e. The van der Waals surface area contributed by atoms with Gasteiger partial charge in [-0.05, 0) is 50.5 Å². The van der Waals surface area contributed by atoms with Gasteiger partial charge in [-0.3, -0.25) is 4.79 Å². The summed E-state index contributed by atoms with van der Waals surface area (Å²) in [4.78, 5) is 26.1. The van der Waals surface area contributed by atoms with Crippen molar-refractivity contribution < 1.29 is 4.79 Å². The van der Waals surface area contributed by atoms with E-state index in [4.69, 9.17) is 11.6 Å². The fourth-order valence-electron chi connectivity index (χ4n) is 3.42. The molecule has 0 atom stereocenters.